The second kappa shape index (κ2) is 11.2. The number of hydrogen-bond donors (Lipinski definition) is 0. The molecule has 0 N–H and O–H groups in total. The van der Waals surface area contributed by atoms with Crippen molar-refractivity contribution in [3.05, 3.63) is 76.0 Å². The van der Waals surface area contributed by atoms with Gasteiger partial charge in [-0.15, -0.1) is 0 Å². The van der Waals surface area contributed by atoms with E-state index in [4.69, 9.17) is 9.15 Å². The second-order valence-electron chi connectivity index (χ2n) is 9.24. The third-order valence-corrected chi connectivity index (χ3v) is 9.44. The van der Waals surface area contributed by atoms with Crippen molar-refractivity contribution < 1.29 is 27.3 Å². The number of furan rings is 1. The zero-order valence-electron chi connectivity index (χ0n) is 21.6. The number of benzene rings is 2. The molecule has 2 aromatic heterocycles. The summed E-state index contributed by atoms with van der Waals surface area (Å²) in [5, 5.41) is 16.5. The summed E-state index contributed by atoms with van der Waals surface area (Å²) in [6.45, 7) is 3.02. The molecule has 0 saturated carbocycles. The first-order valence-corrected chi connectivity index (χ1v) is 14.6. The molecule has 0 aliphatic carbocycles. The highest BCUT2D eigenvalue weighted by atomic mass is 32.2. The van der Waals surface area contributed by atoms with Crippen LogP contribution in [0.5, 0.6) is 5.75 Å². The molecule has 208 valence electrons. The Bertz CT molecular complexity index is 1690. The number of fused-ring (bicyclic) bond motifs is 1. The Morgan fingerprint density at radius 2 is 1.93 bits per heavy atom. The number of hydrazone groups is 1. The predicted octanol–water partition coefficient (Wildman–Crippen LogP) is 4.91. The Hall–Kier alpha value is -4.14. The average molecular weight is 584 g/mol. The molecule has 1 amide bonds. The Balaban J connectivity index is 1.46. The highest BCUT2D eigenvalue weighted by Crippen LogP contribution is 2.33. The van der Waals surface area contributed by atoms with Crippen LogP contribution in [0.15, 0.2) is 69.0 Å². The Kier molecular flexibility index (Phi) is 7.65. The summed E-state index contributed by atoms with van der Waals surface area (Å²) in [5.41, 5.74) is 0.783. The molecule has 4 aromatic rings. The normalized spacial score (nSPS) is 15.1. The summed E-state index contributed by atoms with van der Waals surface area (Å²) < 4.78 is 38.9. The van der Waals surface area contributed by atoms with Gasteiger partial charge < -0.3 is 9.15 Å². The van der Waals surface area contributed by atoms with Crippen LogP contribution in [0.2, 0.25) is 0 Å². The summed E-state index contributed by atoms with van der Waals surface area (Å²) in [4.78, 5) is 28.5. The number of rotatable bonds is 8. The fourth-order valence-corrected chi connectivity index (χ4v) is 6.61. The Morgan fingerprint density at radius 1 is 1.20 bits per heavy atom. The fraction of sp³-hybridized carbons (Fsp3) is 0.269. The minimum Gasteiger partial charge on any atom is -0.497 e. The molecule has 14 heteroatoms. The lowest BCUT2D eigenvalue weighted by atomic mass is 10.0. The number of anilines is 1. The summed E-state index contributed by atoms with van der Waals surface area (Å²) in [7, 11) is -2.14. The third-order valence-electron chi connectivity index (χ3n) is 6.53. The van der Waals surface area contributed by atoms with E-state index >= 15 is 0 Å². The maximum Gasteiger partial charge on any atom is 0.433 e. The van der Waals surface area contributed by atoms with E-state index in [1.165, 1.54) is 58.3 Å². The quantitative estimate of drug-likeness (QED) is 0.161. The molecule has 12 nitrogen and oxygen atoms in total. The van der Waals surface area contributed by atoms with Gasteiger partial charge in [-0.1, -0.05) is 18.3 Å². The van der Waals surface area contributed by atoms with Crippen molar-refractivity contribution >= 4 is 54.7 Å². The van der Waals surface area contributed by atoms with Crippen molar-refractivity contribution in [1.82, 2.24) is 9.29 Å². The van der Waals surface area contributed by atoms with E-state index in [1.54, 1.807) is 25.3 Å². The lowest BCUT2D eigenvalue weighted by Crippen LogP contribution is -2.37. The monoisotopic (exact) mass is 583 g/mol. The molecule has 3 heterocycles. The lowest BCUT2D eigenvalue weighted by molar-refractivity contribution is -0.402. The maximum absolute atomic E-state index is 13.6. The van der Waals surface area contributed by atoms with Gasteiger partial charge in [-0.2, -0.15) is 14.4 Å². The molecule has 40 heavy (non-hydrogen) atoms. The molecule has 2 aromatic carbocycles. The van der Waals surface area contributed by atoms with Crippen LogP contribution in [0, 0.1) is 16.0 Å². The number of thiazole rings is 1. The van der Waals surface area contributed by atoms with Gasteiger partial charge in [0.05, 0.1) is 34.5 Å². The zero-order valence-corrected chi connectivity index (χ0v) is 23.2. The minimum atomic E-state index is -3.69. The van der Waals surface area contributed by atoms with Gasteiger partial charge in [-0.3, -0.25) is 14.9 Å². The number of nitro groups is 1. The molecule has 0 radical (unpaired) electrons. The van der Waals surface area contributed by atoms with Crippen LogP contribution in [0.3, 0.4) is 0 Å². The molecule has 0 atom stereocenters. The van der Waals surface area contributed by atoms with Crippen LogP contribution in [0.4, 0.5) is 11.0 Å². The van der Waals surface area contributed by atoms with E-state index in [2.05, 4.69) is 17.0 Å². The van der Waals surface area contributed by atoms with E-state index in [0.717, 1.165) is 22.6 Å². The smallest absolute Gasteiger partial charge is 0.433 e. The number of carbonyl (C=O) groups is 1. The molecular weight excluding hydrogens is 558 g/mol. The first-order chi connectivity index (χ1) is 19.2. The topological polar surface area (TPSA) is 148 Å². The number of aromatic nitrogens is 1. The van der Waals surface area contributed by atoms with Crippen molar-refractivity contribution in [2.24, 2.45) is 11.0 Å². The van der Waals surface area contributed by atoms with Crippen LogP contribution >= 0.6 is 11.3 Å². The SMILES string of the molecule is COc1ccc2nc(N(/N=C/c3ccc([N+](=O)[O-])o3)C(=O)c3ccc(S(=O)(=O)N4CCC(C)CC4)cc3)sc2c1. The number of hydrogen-bond acceptors (Lipinski definition) is 10. The van der Waals surface area contributed by atoms with Crippen LogP contribution in [-0.4, -0.2) is 55.0 Å². The molecule has 0 bridgehead atoms. The number of carbonyl (C=O) groups excluding carboxylic acids is 1. The summed E-state index contributed by atoms with van der Waals surface area (Å²) in [5.74, 6) is 0.107. The van der Waals surface area contributed by atoms with Gasteiger partial charge >= 0.3 is 5.88 Å². The van der Waals surface area contributed by atoms with Gasteiger partial charge in [0.1, 0.15) is 10.7 Å². The standard InChI is InChI=1S/C26H25N5O7S2/c1-17-11-13-29(14-12-17)40(35,36)21-7-3-18(4-8-21)25(32)30(27-16-20-6-10-24(38-20)31(33)34)26-28-22-9-5-19(37-2)15-23(22)39-26/h3-10,15-17H,11-14H2,1-2H3/b27-16+. The zero-order chi connectivity index (χ0) is 28.4. The van der Waals surface area contributed by atoms with Gasteiger partial charge in [0.2, 0.25) is 15.2 Å². The van der Waals surface area contributed by atoms with Gasteiger partial charge in [0.25, 0.3) is 5.91 Å². The Labute approximate surface area is 233 Å². The molecule has 5 rings (SSSR count). The number of methoxy groups -OCH3 is 1. The highest BCUT2D eigenvalue weighted by Gasteiger charge is 2.29. The average Bonchev–Trinajstić information content (AvgIpc) is 3.60. The third kappa shape index (κ3) is 5.59. The summed E-state index contributed by atoms with van der Waals surface area (Å²) in [6, 6.07) is 13.5. The van der Waals surface area contributed by atoms with E-state index < -0.39 is 26.7 Å². The minimum absolute atomic E-state index is 0.0598. The molecule has 1 aliphatic heterocycles. The molecular formula is C26H25N5O7S2. The van der Waals surface area contributed by atoms with E-state index in [1.807, 2.05) is 0 Å². The van der Waals surface area contributed by atoms with Crippen LogP contribution in [-0.2, 0) is 10.0 Å². The molecule has 1 saturated heterocycles. The number of nitrogens with zero attached hydrogens (tertiary/aromatic N) is 5. The lowest BCUT2D eigenvalue weighted by Gasteiger charge is -2.29. The van der Waals surface area contributed by atoms with Crippen LogP contribution in [0.25, 0.3) is 10.2 Å². The van der Waals surface area contributed by atoms with Crippen molar-refractivity contribution in [3.8, 4) is 5.75 Å². The number of sulfonamides is 1. The van der Waals surface area contributed by atoms with E-state index in [0.29, 0.717) is 30.3 Å². The van der Waals surface area contributed by atoms with Crippen molar-refractivity contribution in [3.63, 3.8) is 0 Å². The molecule has 0 spiro atoms. The molecule has 1 fully saturated rings. The van der Waals surface area contributed by atoms with E-state index in [-0.39, 0.29) is 21.4 Å². The van der Waals surface area contributed by atoms with Crippen LogP contribution in [0.1, 0.15) is 35.9 Å². The highest BCUT2D eigenvalue weighted by molar-refractivity contribution is 7.89. The van der Waals surface area contributed by atoms with Gasteiger partial charge in [0, 0.05) is 18.7 Å². The van der Waals surface area contributed by atoms with E-state index in [9.17, 15) is 23.3 Å². The van der Waals surface area contributed by atoms with Gasteiger partial charge in [0.15, 0.2) is 5.76 Å². The van der Waals surface area contributed by atoms with Crippen LogP contribution < -0.4 is 9.75 Å². The van der Waals surface area contributed by atoms with Gasteiger partial charge in [-0.25, -0.2) is 13.4 Å². The first-order valence-electron chi connectivity index (χ1n) is 12.3. The van der Waals surface area contributed by atoms with Gasteiger partial charge in [-0.05, 0) is 67.3 Å². The second-order valence-corrected chi connectivity index (χ2v) is 12.2. The largest absolute Gasteiger partial charge is 0.497 e. The predicted molar refractivity (Wildman–Crippen MR) is 150 cm³/mol. The summed E-state index contributed by atoms with van der Waals surface area (Å²) >= 11 is 1.19. The summed E-state index contributed by atoms with van der Waals surface area (Å²) in [6.07, 6.45) is 2.78. The molecule has 0 unspecified atom stereocenters. The number of amides is 1. The molecule has 1 aliphatic rings. The van der Waals surface area contributed by atoms with Crippen molar-refractivity contribution in [1.29, 1.82) is 0 Å². The number of piperidine rings is 1. The Morgan fingerprint density at radius 3 is 2.58 bits per heavy atom. The van der Waals surface area contributed by atoms with Crippen molar-refractivity contribution in [2.45, 2.75) is 24.7 Å². The first kappa shape index (κ1) is 27.4. The fourth-order valence-electron chi connectivity index (χ4n) is 4.19. The number of ether oxygens (including phenoxy) is 1. The maximum atomic E-state index is 13.6. The van der Waals surface area contributed by atoms with Crippen molar-refractivity contribution in [2.75, 3.05) is 25.2 Å².